The van der Waals surface area contributed by atoms with Crippen molar-refractivity contribution in [1.29, 1.82) is 0 Å². The number of rotatable bonds is 3. The summed E-state index contributed by atoms with van der Waals surface area (Å²) in [6, 6.07) is 26.0. The minimum Gasteiger partial charge on any atom is -0.268 e. The SMILES string of the molecule is Cc1ccc(Cn2nc(-c3ccc4ccccc4c3)ccc2=O)cc1. The van der Waals surface area contributed by atoms with Crippen LogP contribution in [0.25, 0.3) is 22.0 Å². The second-order valence-electron chi connectivity index (χ2n) is 6.26. The summed E-state index contributed by atoms with van der Waals surface area (Å²) in [5, 5.41) is 6.93. The van der Waals surface area contributed by atoms with Gasteiger partial charge in [-0.25, -0.2) is 4.68 Å². The van der Waals surface area contributed by atoms with Gasteiger partial charge >= 0.3 is 0 Å². The number of aryl methyl sites for hydroxylation is 1. The lowest BCUT2D eigenvalue weighted by molar-refractivity contribution is 0.642. The molecular formula is C22H18N2O. The van der Waals surface area contributed by atoms with Crippen molar-refractivity contribution in [1.82, 2.24) is 9.78 Å². The zero-order valence-corrected chi connectivity index (χ0v) is 14.0. The van der Waals surface area contributed by atoms with E-state index in [9.17, 15) is 4.79 Å². The molecule has 0 saturated carbocycles. The first-order valence-corrected chi connectivity index (χ1v) is 8.32. The number of hydrogen-bond acceptors (Lipinski definition) is 2. The number of fused-ring (bicyclic) bond motifs is 1. The Bertz CT molecular complexity index is 1090. The molecule has 0 aliphatic carbocycles. The highest BCUT2D eigenvalue weighted by atomic mass is 16.1. The third-order valence-corrected chi connectivity index (χ3v) is 4.36. The van der Waals surface area contributed by atoms with E-state index in [-0.39, 0.29) is 5.56 Å². The van der Waals surface area contributed by atoms with Crippen LogP contribution in [-0.2, 0) is 6.54 Å². The predicted molar refractivity (Wildman–Crippen MR) is 102 cm³/mol. The van der Waals surface area contributed by atoms with E-state index >= 15 is 0 Å². The van der Waals surface area contributed by atoms with Gasteiger partial charge in [0.2, 0.25) is 0 Å². The van der Waals surface area contributed by atoms with Crippen LogP contribution in [0.4, 0.5) is 0 Å². The quantitative estimate of drug-likeness (QED) is 0.558. The van der Waals surface area contributed by atoms with Gasteiger partial charge in [-0.3, -0.25) is 4.79 Å². The van der Waals surface area contributed by atoms with Crippen LogP contribution in [-0.4, -0.2) is 9.78 Å². The maximum atomic E-state index is 12.2. The van der Waals surface area contributed by atoms with Gasteiger partial charge in [0, 0.05) is 11.6 Å². The van der Waals surface area contributed by atoms with E-state index in [1.165, 1.54) is 15.6 Å². The van der Waals surface area contributed by atoms with E-state index < -0.39 is 0 Å². The highest BCUT2D eigenvalue weighted by molar-refractivity contribution is 5.86. The van der Waals surface area contributed by atoms with Crippen LogP contribution < -0.4 is 5.56 Å². The van der Waals surface area contributed by atoms with Crippen LogP contribution in [0, 0.1) is 6.92 Å². The summed E-state index contributed by atoms with van der Waals surface area (Å²) in [4.78, 5) is 12.2. The molecule has 4 aromatic rings. The summed E-state index contributed by atoms with van der Waals surface area (Å²) in [6.45, 7) is 2.52. The molecule has 0 N–H and O–H groups in total. The molecule has 3 heteroatoms. The molecule has 0 saturated heterocycles. The van der Waals surface area contributed by atoms with Gasteiger partial charge in [0.05, 0.1) is 12.2 Å². The smallest absolute Gasteiger partial charge is 0.267 e. The Kier molecular flexibility index (Phi) is 3.90. The standard InChI is InChI=1S/C22H18N2O/c1-16-6-8-17(9-7-16)15-24-22(25)13-12-21(23-24)20-11-10-18-4-2-3-5-19(18)14-20/h2-14H,15H2,1H3. The van der Waals surface area contributed by atoms with Crippen LogP contribution in [0.1, 0.15) is 11.1 Å². The lowest BCUT2D eigenvalue weighted by atomic mass is 10.1. The highest BCUT2D eigenvalue weighted by Crippen LogP contribution is 2.22. The first-order chi connectivity index (χ1) is 12.2. The van der Waals surface area contributed by atoms with Gasteiger partial charge in [0.1, 0.15) is 0 Å². The fourth-order valence-electron chi connectivity index (χ4n) is 2.93. The molecular weight excluding hydrogens is 308 g/mol. The average molecular weight is 326 g/mol. The number of nitrogens with zero attached hydrogens (tertiary/aromatic N) is 2. The fraction of sp³-hybridized carbons (Fsp3) is 0.0909. The van der Waals surface area contributed by atoms with Gasteiger partial charge in [-0.15, -0.1) is 0 Å². The summed E-state index contributed by atoms with van der Waals surface area (Å²) < 4.78 is 1.52. The van der Waals surface area contributed by atoms with Gasteiger partial charge < -0.3 is 0 Å². The van der Waals surface area contributed by atoms with Crippen molar-refractivity contribution in [3.8, 4) is 11.3 Å². The van der Waals surface area contributed by atoms with E-state index in [2.05, 4.69) is 36.3 Å². The molecule has 3 aromatic carbocycles. The van der Waals surface area contributed by atoms with Crippen LogP contribution in [0.5, 0.6) is 0 Å². The average Bonchev–Trinajstić information content (AvgIpc) is 2.65. The topological polar surface area (TPSA) is 34.9 Å². The van der Waals surface area contributed by atoms with Gasteiger partial charge in [-0.05, 0) is 35.4 Å². The normalized spacial score (nSPS) is 10.9. The molecule has 0 radical (unpaired) electrons. The van der Waals surface area contributed by atoms with Crippen molar-refractivity contribution in [2.75, 3.05) is 0 Å². The Labute approximate surface area is 146 Å². The van der Waals surface area contributed by atoms with Gasteiger partial charge in [0.15, 0.2) is 0 Å². The first-order valence-electron chi connectivity index (χ1n) is 8.32. The second-order valence-corrected chi connectivity index (χ2v) is 6.26. The van der Waals surface area contributed by atoms with Gasteiger partial charge in [0.25, 0.3) is 5.56 Å². The third-order valence-electron chi connectivity index (χ3n) is 4.36. The van der Waals surface area contributed by atoms with Crippen molar-refractivity contribution in [2.24, 2.45) is 0 Å². The molecule has 0 bridgehead atoms. The van der Waals surface area contributed by atoms with Crippen LogP contribution >= 0.6 is 0 Å². The van der Waals surface area contributed by atoms with Crippen LogP contribution in [0.15, 0.2) is 83.7 Å². The largest absolute Gasteiger partial charge is 0.268 e. The minimum absolute atomic E-state index is 0.0925. The molecule has 3 nitrogen and oxygen atoms in total. The van der Waals surface area contributed by atoms with Crippen molar-refractivity contribution in [3.63, 3.8) is 0 Å². The highest BCUT2D eigenvalue weighted by Gasteiger charge is 2.05. The van der Waals surface area contributed by atoms with Crippen molar-refractivity contribution in [2.45, 2.75) is 13.5 Å². The summed E-state index contributed by atoms with van der Waals surface area (Å²) in [5.41, 5.74) is 3.99. The fourth-order valence-corrected chi connectivity index (χ4v) is 2.93. The summed E-state index contributed by atoms with van der Waals surface area (Å²) >= 11 is 0. The summed E-state index contributed by atoms with van der Waals surface area (Å²) in [6.07, 6.45) is 0. The first kappa shape index (κ1) is 15.3. The Morgan fingerprint density at radius 2 is 1.60 bits per heavy atom. The molecule has 1 aromatic heterocycles. The van der Waals surface area contributed by atoms with Crippen molar-refractivity contribution >= 4 is 10.8 Å². The monoisotopic (exact) mass is 326 g/mol. The molecule has 0 aliphatic heterocycles. The Morgan fingerprint density at radius 1 is 0.840 bits per heavy atom. The number of hydrogen-bond donors (Lipinski definition) is 0. The second kappa shape index (κ2) is 6.36. The molecule has 0 unspecified atom stereocenters. The third kappa shape index (κ3) is 3.22. The van der Waals surface area contributed by atoms with E-state index in [4.69, 9.17) is 0 Å². The Hall–Kier alpha value is -3.20. The minimum atomic E-state index is -0.0925. The van der Waals surface area contributed by atoms with Crippen LogP contribution in [0.3, 0.4) is 0 Å². The summed E-state index contributed by atoms with van der Waals surface area (Å²) in [5.74, 6) is 0. The molecule has 1 heterocycles. The zero-order chi connectivity index (χ0) is 17.2. The molecule has 0 atom stereocenters. The molecule has 0 amide bonds. The molecule has 0 aliphatic rings. The predicted octanol–water partition coefficient (Wildman–Crippen LogP) is 4.42. The molecule has 0 spiro atoms. The zero-order valence-electron chi connectivity index (χ0n) is 14.0. The molecule has 4 rings (SSSR count). The maximum absolute atomic E-state index is 12.2. The molecule has 122 valence electrons. The lowest BCUT2D eigenvalue weighted by Gasteiger charge is -2.08. The van der Waals surface area contributed by atoms with Crippen molar-refractivity contribution < 1.29 is 0 Å². The van der Waals surface area contributed by atoms with E-state index in [1.54, 1.807) is 12.1 Å². The van der Waals surface area contributed by atoms with E-state index in [0.29, 0.717) is 6.54 Å². The van der Waals surface area contributed by atoms with Gasteiger partial charge in [-0.1, -0.05) is 66.2 Å². The summed E-state index contributed by atoms with van der Waals surface area (Å²) in [7, 11) is 0. The van der Waals surface area contributed by atoms with E-state index in [1.807, 2.05) is 42.5 Å². The van der Waals surface area contributed by atoms with E-state index in [0.717, 1.165) is 22.2 Å². The Balaban J connectivity index is 1.72. The van der Waals surface area contributed by atoms with Crippen LogP contribution in [0.2, 0.25) is 0 Å². The molecule has 0 fully saturated rings. The van der Waals surface area contributed by atoms with Gasteiger partial charge in [-0.2, -0.15) is 5.10 Å². The van der Waals surface area contributed by atoms with Crippen molar-refractivity contribution in [3.05, 3.63) is 100 Å². The number of aromatic nitrogens is 2. The Morgan fingerprint density at radius 3 is 2.40 bits per heavy atom. The molecule has 25 heavy (non-hydrogen) atoms. The number of benzene rings is 3. The maximum Gasteiger partial charge on any atom is 0.267 e. The lowest BCUT2D eigenvalue weighted by Crippen LogP contribution is -2.22.